The Bertz CT molecular complexity index is 753. The van der Waals surface area contributed by atoms with Crippen molar-refractivity contribution in [1.29, 1.82) is 0 Å². The molecule has 0 aromatic carbocycles. The Morgan fingerprint density at radius 1 is 0.868 bits per heavy atom. The molecule has 2 saturated carbocycles. The first kappa shape index (κ1) is 32.3. The smallest absolute Gasteiger partial charge is 0.305 e. The molecule has 2 aliphatic carbocycles. The number of hydrogen-bond acceptors (Lipinski definition) is 5. The summed E-state index contributed by atoms with van der Waals surface area (Å²) in [6.07, 6.45) is 7.86. The van der Waals surface area contributed by atoms with Crippen molar-refractivity contribution in [3.05, 3.63) is 0 Å². The minimum Gasteiger partial charge on any atom is -0.469 e. The van der Waals surface area contributed by atoms with E-state index in [1.54, 1.807) is 0 Å². The van der Waals surface area contributed by atoms with Crippen LogP contribution in [0.5, 0.6) is 0 Å². The van der Waals surface area contributed by atoms with Crippen molar-refractivity contribution in [2.75, 3.05) is 13.7 Å². The van der Waals surface area contributed by atoms with Crippen LogP contribution in [0, 0.1) is 22.7 Å². The number of ether oxygens (including phenoxy) is 2. The van der Waals surface area contributed by atoms with Crippen LogP contribution in [0.2, 0.25) is 36.3 Å². The molecule has 1 saturated heterocycles. The number of methoxy groups -OCH3 is 1. The number of carbonyl (C=O) groups excluding carboxylic acids is 1. The zero-order valence-corrected chi connectivity index (χ0v) is 28.3. The molecule has 222 valence electrons. The summed E-state index contributed by atoms with van der Waals surface area (Å²) in [6, 6.07) is 7.09. The minimum atomic E-state index is -1.75. The summed E-state index contributed by atoms with van der Waals surface area (Å²) in [5, 5.41) is 0. The van der Waals surface area contributed by atoms with Gasteiger partial charge in [-0.1, -0.05) is 55.4 Å². The lowest BCUT2D eigenvalue weighted by Gasteiger charge is -2.61. The second-order valence-corrected chi connectivity index (χ2v) is 22.8. The van der Waals surface area contributed by atoms with Gasteiger partial charge in [-0.2, -0.15) is 0 Å². The van der Waals surface area contributed by atoms with Crippen LogP contribution in [-0.2, 0) is 23.1 Å². The van der Waals surface area contributed by atoms with Crippen molar-refractivity contribution >= 4 is 22.6 Å². The van der Waals surface area contributed by atoms with E-state index in [9.17, 15) is 4.79 Å². The molecule has 1 heterocycles. The lowest BCUT2D eigenvalue weighted by atomic mass is 9.46. The van der Waals surface area contributed by atoms with Crippen LogP contribution in [0.4, 0.5) is 0 Å². The maximum atomic E-state index is 12.3. The third-order valence-electron chi connectivity index (χ3n) is 12.1. The molecular formula is C31H60O5Si2. The Morgan fingerprint density at radius 3 is 2.03 bits per heavy atom. The fraction of sp³-hybridized carbons (Fsp3) is 0.968. The van der Waals surface area contributed by atoms with Gasteiger partial charge in [-0.3, -0.25) is 4.79 Å². The molecule has 38 heavy (non-hydrogen) atoms. The molecule has 0 radical (unpaired) electrons. The van der Waals surface area contributed by atoms with E-state index in [4.69, 9.17) is 18.3 Å². The van der Waals surface area contributed by atoms with Gasteiger partial charge in [0.1, 0.15) is 0 Å². The van der Waals surface area contributed by atoms with E-state index in [-0.39, 0.29) is 29.0 Å². The van der Waals surface area contributed by atoms with Crippen LogP contribution in [0.3, 0.4) is 0 Å². The van der Waals surface area contributed by atoms with Crippen LogP contribution in [0.25, 0.3) is 0 Å². The molecule has 3 fully saturated rings. The van der Waals surface area contributed by atoms with E-state index in [2.05, 4.69) is 55.4 Å². The molecule has 0 spiro atoms. The highest BCUT2D eigenvalue weighted by molar-refractivity contribution is 6.74. The quantitative estimate of drug-likeness (QED) is 0.156. The van der Waals surface area contributed by atoms with E-state index in [0.717, 1.165) is 38.7 Å². The molecule has 5 nitrogen and oxygen atoms in total. The van der Waals surface area contributed by atoms with Crippen molar-refractivity contribution in [2.45, 2.75) is 155 Å². The van der Waals surface area contributed by atoms with Crippen LogP contribution in [0.1, 0.15) is 100 Å². The Morgan fingerprint density at radius 2 is 1.47 bits per heavy atom. The van der Waals surface area contributed by atoms with Gasteiger partial charge in [0.2, 0.25) is 0 Å². The first-order valence-corrected chi connectivity index (χ1v) is 21.1. The van der Waals surface area contributed by atoms with Crippen LogP contribution in [-0.4, -0.2) is 54.6 Å². The SMILES string of the molecule is CC[Si](CC)(CC)OCC1CC2(C)C(CCC3(C)C2CCC(O[Si](CC)(CC)CC)[C@@H]3CCC(=O)OC)O1. The maximum Gasteiger partial charge on any atom is 0.305 e. The molecule has 0 aromatic heterocycles. The number of rotatable bonds is 14. The molecule has 0 bridgehead atoms. The minimum absolute atomic E-state index is 0.0869. The first-order chi connectivity index (χ1) is 18.0. The summed E-state index contributed by atoms with van der Waals surface area (Å²) in [7, 11) is -1.86. The van der Waals surface area contributed by atoms with Crippen molar-refractivity contribution in [3.63, 3.8) is 0 Å². The van der Waals surface area contributed by atoms with E-state index in [1.165, 1.54) is 49.8 Å². The van der Waals surface area contributed by atoms with E-state index >= 15 is 0 Å². The molecule has 0 amide bonds. The monoisotopic (exact) mass is 568 g/mol. The van der Waals surface area contributed by atoms with Crippen molar-refractivity contribution in [1.82, 2.24) is 0 Å². The van der Waals surface area contributed by atoms with Crippen LogP contribution >= 0.6 is 0 Å². The van der Waals surface area contributed by atoms with E-state index in [1.807, 2.05) is 0 Å². The summed E-state index contributed by atoms with van der Waals surface area (Å²) in [5.41, 5.74) is 0.324. The van der Waals surface area contributed by atoms with Gasteiger partial charge in [-0.05, 0) is 97.5 Å². The topological polar surface area (TPSA) is 54.0 Å². The summed E-state index contributed by atoms with van der Waals surface area (Å²) < 4.78 is 25.9. The molecule has 0 N–H and O–H groups in total. The molecule has 0 aromatic rings. The van der Waals surface area contributed by atoms with Gasteiger partial charge in [0.15, 0.2) is 16.6 Å². The Labute approximate surface area is 236 Å². The number of fused-ring (bicyclic) bond motifs is 3. The predicted octanol–water partition coefficient (Wildman–Crippen LogP) is 8.34. The molecular weight excluding hydrogens is 509 g/mol. The van der Waals surface area contributed by atoms with E-state index in [0.29, 0.717) is 24.4 Å². The largest absolute Gasteiger partial charge is 0.469 e. The molecule has 1 aliphatic heterocycles. The molecule has 6 unspecified atom stereocenters. The average Bonchev–Trinajstić information content (AvgIpc) is 3.28. The van der Waals surface area contributed by atoms with Crippen LogP contribution < -0.4 is 0 Å². The highest BCUT2D eigenvalue weighted by Gasteiger charge is 2.62. The maximum absolute atomic E-state index is 12.3. The Hall–Kier alpha value is -0.216. The van der Waals surface area contributed by atoms with E-state index < -0.39 is 16.6 Å². The molecule has 3 rings (SSSR count). The lowest BCUT2D eigenvalue weighted by molar-refractivity contribution is -0.158. The zero-order chi connectivity index (χ0) is 28.2. The van der Waals surface area contributed by atoms with Crippen molar-refractivity contribution < 1.29 is 23.1 Å². The van der Waals surface area contributed by atoms with Gasteiger partial charge in [0.05, 0.1) is 25.9 Å². The third kappa shape index (κ3) is 6.17. The average molecular weight is 569 g/mol. The molecule has 7 atom stereocenters. The first-order valence-electron chi connectivity index (χ1n) is 16.1. The number of hydrogen-bond donors (Lipinski definition) is 0. The third-order valence-corrected chi connectivity index (χ3v) is 21.4. The van der Waals surface area contributed by atoms with Gasteiger partial charge in [0, 0.05) is 12.5 Å². The standard InChI is InChI=1S/C31H60O5Si2/c1-10-37(11-2,12-3)34-23-24-22-31(8)27-18-17-26(36-38(13-4,14-5)15-6)25(16-19-29(32)33-9)30(27,7)21-20-28(31)35-24/h24-28H,10-23H2,1-9H3/t24?,25-,26?,27?,28?,30?,31?/m0/s1. The van der Waals surface area contributed by atoms with Gasteiger partial charge < -0.3 is 18.3 Å². The highest BCUT2D eigenvalue weighted by atomic mass is 28.4. The van der Waals surface area contributed by atoms with Gasteiger partial charge >= 0.3 is 5.97 Å². The van der Waals surface area contributed by atoms with Gasteiger partial charge in [0.25, 0.3) is 0 Å². The second kappa shape index (κ2) is 13.2. The summed E-state index contributed by atoms with van der Waals surface area (Å²) in [5.74, 6) is 0.897. The van der Waals surface area contributed by atoms with Crippen molar-refractivity contribution in [3.8, 4) is 0 Å². The van der Waals surface area contributed by atoms with Gasteiger partial charge in [-0.25, -0.2) is 0 Å². The zero-order valence-electron chi connectivity index (χ0n) is 26.3. The fourth-order valence-electron chi connectivity index (χ4n) is 9.03. The van der Waals surface area contributed by atoms with Crippen molar-refractivity contribution in [2.24, 2.45) is 22.7 Å². The number of esters is 1. The van der Waals surface area contributed by atoms with Crippen LogP contribution in [0.15, 0.2) is 0 Å². The second-order valence-electron chi connectivity index (χ2n) is 13.3. The predicted molar refractivity (Wildman–Crippen MR) is 161 cm³/mol. The Kier molecular flexibility index (Phi) is 11.2. The fourth-order valence-corrected chi connectivity index (χ4v) is 14.6. The summed E-state index contributed by atoms with van der Waals surface area (Å²) >= 11 is 0. The van der Waals surface area contributed by atoms with Gasteiger partial charge in [-0.15, -0.1) is 0 Å². The molecule has 7 heteroatoms. The summed E-state index contributed by atoms with van der Waals surface area (Å²) in [6.45, 7) is 19.7. The summed E-state index contributed by atoms with van der Waals surface area (Å²) in [4.78, 5) is 12.3. The molecule has 3 aliphatic rings. The highest BCUT2D eigenvalue weighted by Crippen LogP contribution is 2.65. The Balaban J connectivity index is 1.83. The number of carbonyl (C=O) groups is 1. The normalized spacial score (nSPS) is 35.6. The lowest BCUT2D eigenvalue weighted by Crippen LogP contribution is -2.59.